The summed E-state index contributed by atoms with van der Waals surface area (Å²) < 4.78 is 12.0. The van der Waals surface area contributed by atoms with E-state index in [0.29, 0.717) is 44.1 Å². The first-order valence-electron chi connectivity index (χ1n) is 11.1. The molecule has 3 aromatic rings. The summed E-state index contributed by atoms with van der Waals surface area (Å²) in [6.07, 6.45) is 3.67. The summed E-state index contributed by atoms with van der Waals surface area (Å²) >= 11 is 0. The SMILES string of the molecule is CNC(=O)CCN1CCO[C@H](COc2nc(-c3ccc(N(C)C)cc3)cc3nccnc23)C1. The molecule has 1 saturated heterocycles. The van der Waals surface area contributed by atoms with E-state index < -0.39 is 0 Å². The molecule has 1 atom stereocenters. The lowest BCUT2D eigenvalue weighted by molar-refractivity contribution is -0.121. The maximum atomic E-state index is 11.6. The van der Waals surface area contributed by atoms with E-state index in [4.69, 9.17) is 14.5 Å². The molecule has 174 valence electrons. The van der Waals surface area contributed by atoms with Crippen LogP contribution in [-0.2, 0) is 9.53 Å². The molecule has 1 aliphatic rings. The molecule has 0 spiro atoms. The minimum Gasteiger partial charge on any atom is -0.473 e. The molecule has 3 heterocycles. The van der Waals surface area contributed by atoms with Gasteiger partial charge in [-0.25, -0.2) is 9.97 Å². The number of ether oxygens (including phenoxy) is 2. The molecule has 1 amide bonds. The van der Waals surface area contributed by atoms with E-state index in [9.17, 15) is 4.79 Å². The predicted molar refractivity (Wildman–Crippen MR) is 127 cm³/mol. The van der Waals surface area contributed by atoms with Crippen LogP contribution in [0.25, 0.3) is 22.3 Å². The molecule has 4 rings (SSSR count). The number of nitrogens with one attached hydrogen (secondary N) is 1. The summed E-state index contributed by atoms with van der Waals surface area (Å²) in [6.45, 7) is 3.15. The average Bonchev–Trinajstić information content (AvgIpc) is 2.86. The average molecular weight is 451 g/mol. The Morgan fingerprint density at radius 1 is 1.24 bits per heavy atom. The molecule has 1 N–H and O–H groups in total. The number of hydrogen-bond acceptors (Lipinski definition) is 8. The highest BCUT2D eigenvalue weighted by molar-refractivity contribution is 5.83. The fraction of sp³-hybridized carbons (Fsp3) is 0.417. The van der Waals surface area contributed by atoms with Gasteiger partial charge >= 0.3 is 0 Å². The molecule has 9 heteroatoms. The Hall–Kier alpha value is -3.30. The Morgan fingerprint density at radius 3 is 2.79 bits per heavy atom. The zero-order valence-corrected chi connectivity index (χ0v) is 19.3. The first-order chi connectivity index (χ1) is 16.0. The number of aromatic nitrogens is 3. The summed E-state index contributed by atoms with van der Waals surface area (Å²) in [5.41, 5.74) is 4.22. The summed E-state index contributed by atoms with van der Waals surface area (Å²) in [4.78, 5) is 29.5. The number of anilines is 1. The molecule has 2 aromatic heterocycles. The molecule has 0 aliphatic carbocycles. The predicted octanol–water partition coefficient (Wildman–Crippen LogP) is 1.97. The van der Waals surface area contributed by atoms with Crippen LogP contribution in [0.1, 0.15) is 6.42 Å². The van der Waals surface area contributed by atoms with Gasteiger partial charge in [0, 0.05) is 70.8 Å². The third kappa shape index (κ3) is 5.74. The van der Waals surface area contributed by atoms with Crippen LogP contribution in [0.3, 0.4) is 0 Å². The van der Waals surface area contributed by atoms with Crippen molar-refractivity contribution in [2.45, 2.75) is 12.5 Å². The molecule has 0 bridgehead atoms. The second kappa shape index (κ2) is 10.5. The van der Waals surface area contributed by atoms with Crippen LogP contribution in [0, 0.1) is 0 Å². The first kappa shape index (κ1) is 22.9. The molecule has 0 unspecified atom stereocenters. The molecule has 9 nitrogen and oxygen atoms in total. The van der Waals surface area contributed by atoms with Gasteiger partial charge in [0.15, 0.2) is 5.52 Å². The minimum absolute atomic E-state index is 0.0407. The summed E-state index contributed by atoms with van der Waals surface area (Å²) in [7, 11) is 5.68. The number of amides is 1. The van der Waals surface area contributed by atoms with Gasteiger partial charge in [-0.2, -0.15) is 0 Å². The Labute approximate surface area is 193 Å². The normalized spacial score (nSPS) is 16.5. The van der Waals surface area contributed by atoms with Crippen molar-refractivity contribution in [1.29, 1.82) is 0 Å². The van der Waals surface area contributed by atoms with Gasteiger partial charge in [-0.3, -0.25) is 14.7 Å². The topological polar surface area (TPSA) is 92.7 Å². The number of fused-ring (bicyclic) bond motifs is 1. The van der Waals surface area contributed by atoms with E-state index in [-0.39, 0.29) is 12.0 Å². The summed E-state index contributed by atoms with van der Waals surface area (Å²) in [6, 6.07) is 10.1. The first-order valence-corrected chi connectivity index (χ1v) is 11.1. The Balaban J connectivity index is 1.49. The van der Waals surface area contributed by atoms with Gasteiger partial charge in [-0.15, -0.1) is 0 Å². The van der Waals surface area contributed by atoms with Crippen molar-refractivity contribution in [3.63, 3.8) is 0 Å². The van der Waals surface area contributed by atoms with E-state index in [1.165, 1.54) is 0 Å². The van der Waals surface area contributed by atoms with Crippen LogP contribution >= 0.6 is 0 Å². The lowest BCUT2D eigenvalue weighted by atomic mass is 10.1. The summed E-state index contributed by atoms with van der Waals surface area (Å²) in [5, 5.41) is 2.66. The highest BCUT2D eigenvalue weighted by Crippen LogP contribution is 2.28. The van der Waals surface area contributed by atoms with Crippen molar-refractivity contribution >= 4 is 22.6 Å². The van der Waals surface area contributed by atoms with E-state index in [2.05, 4.69) is 37.2 Å². The fourth-order valence-corrected chi connectivity index (χ4v) is 3.76. The quantitative estimate of drug-likeness (QED) is 0.557. The van der Waals surface area contributed by atoms with Crippen LogP contribution < -0.4 is 15.0 Å². The lowest BCUT2D eigenvalue weighted by Gasteiger charge is -2.32. The van der Waals surface area contributed by atoms with Gasteiger partial charge in [0.2, 0.25) is 11.8 Å². The molecule has 33 heavy (non-hydrogen) atoms. The van der Waals surface area contributed by atoms with Crippen LogP contribution in [-0.4, -0.2) is 85.9 Å². The van der Waals surface area contributed by atoms with Gasteiger partial charge in [0.05, 0.1) is 17.8 Å². The molecule has 0 saturated carbocycles. The van der Waals surface area contributed by atoms with Crippen LogP contribution in [0.2, 0.25) is 0 Å². The highest BCUT2D eigenvalue weighted by Gasteiger charge is 2.22. The van der Waals surface area contributed by atoms with Crippen molar-refractivity contribution in [2.24, 2.45) is 0 Å². The van der Waals surface area contributed by atoms with Crippen LogP contribution in [0.15, 0.2) is 42.7 Å². The van der Waals surface area contributed by atoms with Crippen molar-refractivity contribution < 1.29 is 14.3 Å². The number of carbonyl (C=O) groups excluding carboxylic acids is 1. The van der Waals surface area contributed by atoms with E-state index >= 15 is 0 Å². The van der Waals surface area contributed by atoms with E-state index in [1.54, 1.807) is 19.4 Å². The number of carbonyl (C=O) groups is 1. The van der Waals surface area contributed by atoms with Gasteiger partial charge in [0.1, 0.15) is 12.7 Å². The second-order valence-electron chi connectivity index (χ2n) is 8.21. The minimum atomic E-state index is -0.111. The number of nitrogens with zero attached hydrogens (tertiary/aromatic N) is 5. The monoisotopic (exact) mass is 450 g/mol. The number of rotatable bonds is 8. The standard InChI is InChI=1S/C24H30N6O3/c1-25-22(31)8-11-30-12-13-32-19(15-30)16-33-24-23-21(26-9-10-27-23)14-20(28-24)17-4-6-18(7-5-17)29(2)3/h4-7,9-10,14,19H,8,11-13,15-16H2,1-3H3,(H,25,31)/t19-/m0/s1. The molecule has 0 radical (unpaired) electrons. The molecular weight excluding hydrogens is 420 g/mol. The fourth-order valence-electron chi connectivity index (χ4n) is 3.76. The van der Waals surface area contributed by atoms with Crippen LogP contribution in [0.5, 0.6) is 5.88 Å². The second-order valence-corrected chi connectivity index (χ2v) is 8.21. The van der Waals surface area contributed by atoms with Crippen molar-refractivity contribution in [2.75, 3.05) is 58.9 Å². The Kier molecular flexibility index (Phi) is 7.31. The molecule has 1 aromatic carbocycles. The molecular formula is C24H30N6O3. The number of pyridine rings is 1. The number of hydrogen-bond donors (Lipinski definition) is 1. The number of morpholine rings is 1. The Bertz CT molecular complexity index is 1090. The zero-order valence-electron chi connectivity index (χ0n) is 19.3. The number of benzene rings is 1. The van der Waals surface area contributed by atoms with Crippen LogP contribution in [0.4, 0.5) is 5.69 Å². The smallest absolute Gasteiger partial charge is 0.242 e. The van der Waals surface area contributed by atoms with Gasteiger partial charge in [-0.1, -0.05) is 12.1 Å². The van der Waals surface area contributed by atoms with Gasteiger partial charge in [0.25, 0.3) is 0 Å². The van der Waals surface area contributed by atoms with Crippen molar-refractivity contribution in [3.8, 4) is 17.1 Å². The third-order valence-corrected chi connectivity index (χ3v) is 5.67. The van der Waals surface area contributed by atoms with E-state index in [1.807, 2.05) is 32.3 Å². The Morgan fingerprint density at radius 2 is 2.03 bits per heavy atom. The largest absolute Gasteiger partial charge is 0.473 e. The van der Waals surface area contributed by atoms with E-state index in [0.717, 1.165) is 29.0 Å². The highest BCUT2D eigenvalue weighted by atomic mass is 16.5. The maximum Gasteiger partial charge on any atom is 0.242 e. The third-order valence-electron chi connectivity index (χ3n) is 5.67. The van der Waals surface area contributed by atoms with Gasteiger partial charge in [-0.05, 0) is 18.2 Å². The van der Waals surface area contributed by atoms with Crippen molar-refractivity contribution in [1.82, 2.24) is 25.2 Å². The summed E-state index contributed by atoms with van der Waals surface area (Å²) in [5.74, 6) is 0.484. The molecule has 1 aliphatic heterocycles. The molecule has 1 fully saturated rings. The zero-order chi connectivity index (χ0) is 23.2. The van der Waals surface area contributed by atoms with Gasteiger partial charge < -0.3 is 19.7 Å². The lowest BCUT2D eigenvalue weighted by Crippen LogP contribution is -2.46. The van der Waals surface area contributed by atoms with Crippen molar-refractivity contribution in [3.05, 3.63) is 42.7 Å². The maximum absolute atomic E-state index is 11.6.